The Hall–Kier alpha value is -0.940. The highest BCUT2D eigenvalue weighted by molar-refractivity contribution is 5.79. The Morgan fingerprint density at radius 2 is 2.21 bits per heavy atom. The molecule has 5 nitrogen and oxygen atoms in total. The van der Waals surface area contributed by atoms with Crippen molar-refractivity contribution < 1.29 is 20.8 Å². The summed E-state index contributed by atoms with van der Waals surface area (Å²) in [6.07, 6.45) is 1.79. The molecular formula is C9H25N4O+3. The Kier molecular flexibility index (Phi) is 9.59. The lowest BCUT2D eigenvalue weighted by atomic mass is 10.1. The Bertz CT molecular complexity index is 191. The molecule has 0 aliphatic heterocycles. The lowest BCUT2D eigenvalue weighted by Crippen LogP contribution is -3.01. The molecule has 0 spiro atoms. The largest absolute Gasteiger partial charge is 0.436 e. The summed E-state index contributed by atoms with van der Waals surface area (Å²) in [6, 6.07) is -0.0655. The third kappa shape index (κ3) is 7.70. The maximum Gasteiger partial charge on any atom is 0.436 e. The summed E-state index contributed by atoms with van der Waals surface area (Å²) < 4.78 is 0. The van der Waals surface area contributed by atoms with Gasteiger partial charge in [-0.1, -0.05) is 7.43 Å². The van der Waals surface area contributed by atoms with Crippen LogP contribution in [0.2, 0.25) is 0 Å². The van der Waals surface area contributed by atoms with Gasteiger partial charge in [-0.15, -0.1) is 0 Å². The number of carbonyl (C=O) groups excluding carboxylic acids is 1. The molecule has 0 aromatic rings. The molecule has 0 saturated carbocycles. The zero-order valence-corrected chi connectivity index (χ0v) is 8.47. The van der Waals surface area contributed by atoms with Crippen LogP contribution in [0.15, 0.2) is 0 Å². The van der Waals surface area contributed by atoms with Crippen molar-refractivity contribution >= 4 is 11.7 Å². The molecule has 1 unspecified atom stereocenters. The highest BCUT2D eigenvalue weighted by Crippen LogP contribution is 1.90. The molecule has 0 aliphatic rings. The number of ketones is 1. The van der Waals surface area contributed by atoms with Crippen molar-refractivity contribution in [3.8, 4) is 0 Å². The maximum absolute atomic E-state index is 10.8. The molecular weight excluding hydrogens is 180 g/mol. The summed E-state index contributed by atoms with van der Waals surface area (Å²) in [7, 11) is 1.78. The van der Waals surface area contributed by atoms with E-state index in [0.717, 1.165) is 19.4 Å². The van der Waals surface area contributed by atoms with Gasteiger partial charge in [0.1, 0.15) is 6.04 Å². The van der Waals surface area contributed by atoms with Crippen molar-refractivity contribution in [3.63, 3.8) is 0 Å². The Balaban J connectivity index is 0. The van der Waals surface area contributed by atoms with E-state index in [0.29, 0.717) is 5.96 Å². The fraction of sp³-hybridized carbons (Fsp3) is 0.778. The number of nitrogens with one attached hydrogen (secondary N) is 1. The van der Waals surface area contributed by atoms with Crippen LogP contribution in [0.25, 0.3) is 0 Å². The third-order valence-electron chi connectivity index (χ3n) is 1.98. The van der Waals surface area contributed by atoms with Gasteiger partial charge in [-0.25, -0.2) is 16.0 Å². The number of rotatable bonds is 5. The van der Waals surface area contributed by atoms with Crippen LogP contribution in [0.3, 0.4) is 0 Å². The number of guanidine groups is 1. The van der Waals surface area contributed by atoms with Gasteiger partial charge in [0.05, 0.1) is 13.6 Å². The normalized spacial score (nSPS) is 13.2. The molecule has 0 bridgehead atoms. The minimum absolute atomic E-state index is 0. The summed E-state index contributed by atoms with van der Waals surface area (Å²) >= 11 is 0. The topological polar surface area (TPSA) is 101 Å². The van der Waals surface area contributed by atoms with Crippen LogP contribution in [-0.2, 0) is 4.79 Å². The molecule has 0 aromatic heterocycles. The van der Waals surface area contributed by atoms with E-state index in [-0.39, 0.29) is 19.3 Å². The third-order valence-corrected chi connectivity index (χ3v) is 1.98. The highest BCUT2D eigenvalue weighted by Gasteiger charge is 2.11. The van der Waals surface area contributed by atoms with Gasteiger partial charge in [0, 0.05) is 19.8 Å². The fourth-order valence-electron chi connectivity index (χ4n) is 0.927. The molecule has 0 heterocycles. The van der Waals surface area contributed by atoms with Crippen LogP contribution in [-0.4, -0.2) is 31.4 Å². The second-order valence-electron chi connectivity index (χ2n) is 3.15. The predicted molar refractivity (Wildman–Crippen MR) is 56.2 cm³/mol. The lowest BCUT2D eigenvalue weighted by molar-refractivity contribution is -0.607. The molecule has 0 amide bonds. The first kappa shape index (κ1) is 15.5. The van der Waals surface area contributed by atoms with Gasteiger partial charge in [-0.05, 0) is 0 Å². The summed E-state index contributed by atoms with van der Waals surface area (Å²) in [5.74, 6) is 0.842. The molecule has 14 heavy (non-hydrogen) atoms. The standard InChI is InChI=1S/C8H18N4O.CH4/c1-6(13)7(9)4-3-5-12-8(10)11-2;/h7H,3-5,9H2,1-2H3,(H3,10,11,12);1H4/p+3. The number of hydrogen-bond acceptors (Lipinski definition) is 1. The van der Waals surface area contributed by atoms with Crippen molar-refractivity contribution in [2.45, 2.75) is 33.2 Å². The van der Waals surface area contributed by atoms with E-state index >= 15 is 0 Å². The van der Waals surface area contributed by atoms with Crippen LogP contribution in [0.1, 0.15) is 27.2 Å². The average molecular weight is 205 g/mol. The van der Waals surface area contributed by atoms with Gasteiger partial charge < -0.3 is 5.73 Å². The predicted octanol–water partition coefficient (Wildman–Crippen LogP) is -3.81. The summed E-state index contributed by atoms with van der Waals surface area (Å²) in [4.78, 5) is 13.6. The van der Waals surface area contributed by atoms with Crippen LogP contribution < -0.4 is 21.8 Å². The van der Waals surface area contributed by atoms with Crippen LogP contribution in [0.5, 0.6) is 0 Å². The Morgan fingerprint density at radius 1 is 1.64 bits per heavy atom. The number of quaternary nitrogens is 2. The second-order valence-corrected chi connectivity index (χ2v) is 3.15. The Labute approximate surface area is 86.0 Å². The minimum Gasteiger partial charge on any atom is -0.349 e. The highest BCUT2D eigenvalue weighted by atomic mass is 16.1. The van der Waals surface area contributed by atoms with Gasteiger partial charge in [-0.3, -0.25) is 4.79 Å². The molecule has 84 valence electrons. The summed E-state index contributed by atoms with van der Waals surface area (Å²) in [6.45, 7) is 2.47. The van der Waals surface area contributed by atoms with Crippen LogP contribution in [0.4, 0.5) is 0 Å². The molecule has 5 heteroatoms. The molecule has 0 rings (SSSR count). The van der Waals surface area contributed by atoms with E-state index in [1.165, 1.54) is 0 Å². The van der Waals surface area contributed by atoms with E-state index in [9.17, 15) is 4.79 Å². The molecule has 1 atom stereocenters. The number of Topliss-reactive ketones (excluding diaryl/α,β-unsaturated/α-hetero) is 1. The molecule has 0 radical (unpaired) electrons. The zero-order valence-electron chi connectivity index (χ0n) is 8.47. The van der Waals surface area contributed by atoms with Gasteiger partial charge in [0.15, 0.2) is 5.78 Å². The maximum atomic E-state index is 10.8. The molecule has 0 aromatic carbocycles. The first-order valence-electron chi connectivity index (χ1n) is 4.54. The smallest absolute Gasteiger partial charge is 0.349 e. The minimum atomic E-state index is -0.0655. The zero-order chi connectivity index (χ0) is 10.3. The molecule has 0 aliphatic carbocycles. The van der Waals surface area contributed by atoms with Crippen molar-refractivity contribution in [1.82, 2.24) is 0 Å². The van der Waals surface area contributed by atoms with Crippen molar-refractivity contribution in [1.29, 1.82) is 0 Å². The van der Waals surface area contributed by atoms with Crippen molar-refractivity contribution in [2.24, 2.45) is 5.73 Å². The number of carbonyl (C=O) groups is 1. The van der Waals surface area contributed by atoms with E-state index in [2.05, 4.69) is 10.7 Å². The van der Waals surface area contributed by atoms with Crippen molar-refractivity contribution in [3.05, 3.63) is 0 Å². The van der Waals surface area contributed by atoms with Crippen LogP contribution in [0, 0.1) is 0 Å². The first-order chi connectivity index (χ1) is 6.07. The lowest BCUT2D eigenvalue weighted by Gasteiger charge is -2.01. The molecule has 8 N–H and O–H groups in total. The molecule has 0 fully saturated rings. The summed E-state index contributed by atoms with van der Waals surface area (Å²) in [5.41, 5.74) is 9.27. The Morgan fingerprint density at radius 3 is 2.64 bits per heavy atom. The number of nitrogens with two attached hydrogens (primary N) is 2. The van der Waals surface area contributed by atoms with Gasteiger partial charge in [0.25, 0.3) is 0 Å². The average Bonchev–Trinajstić information content (AvgIpc) is 2.11. The quantitative estimate of drug-likeness (QED) is 0.210. The van der Waals surface area contributed by atoms with Crippen LogP contribution >= 0.6 is 0 Å². The van der Waals surface area contributed by atoms with E-state index < -0.39 is 0 Å². The number of hydrogen-bond donors (Lipinski definition) is 4. The van der Waals surface area contributed by atoms with Gasteiger partial charge in [0.2, 0.25) is 0 Å². The van der Waals surface area contributed by atoms with Gasteiger partial charge in [-0.2, -0.15) is 0 Å². The monoisotopic (exact) mass is 205 g/mol. The second kappa shape index (κ2) is 8.65. The van der Waals surface area contributed by atoms with Crippen molar-refractivity contribution in [2.75, 3.05) is 13.6 Å². The molecule has 0 saturated heterocycles. The summed E-state index contributed by atoms with van der Waals surface area (Å²) in [5, 5.41) is 1.92. The van der Waals surface area contributed by atoms with Gasteiger partial charge >= 0.3 is 5.96 Å². The SMILES string of the molecule is C.C[NH+]=C(N)[NH2+]CCCC([NH3+])C(C)=O. The fourth-order valence-corrected chi connectivity index (χ4v) is 0.927. The van der Waals surface area contributed by atoms with E-state index in [1.54, 1.807) is 14.0 Å². The first-order valence-corrected chi connectivity index (χ1v) is 4.54. The van der Waals surface area contributed by atoms with E-state index in [1.807, 2.05) is 5.32 Å². The van der Waals surface area contributed by atoms with E-state index in [4.69, 9.17) is 5.73 Å².